The van der Waals surface area contributed by atoms with E-state index in [1.807, 2.05) is 11.9 Å². The van der Waals surface area contributed by atoms with E-state index < -0.39 is 0 Å². The van der Waals surface area contributed by atoms with E-state index in [0.717, 1.165) is 32.5 Å². The summed E-state index contributed by atoms with van der Waals surface area (Å²) in [6.45, 7) is 4.23. The highest BCUT2D eigenvalue weighted by atomic mass is 16.5. The lowest BCUT2D eigenvalue weighted by molar-refractivity contribution is -0.134. The van der Waals surface area contributed by atoms with E-state index in [1.165, 1.54) is 0 Å². The summed E-state index contributed by atoms with van der Waals surface area (Å²) in [6.07, 6.45) is 3.48. The van der Waals surface area contributed by atoms with Crippen LogP contribution in [0.15, 0.2) is 0 Å². The zero-order valence-electron chi connectivity index (χ0n) is 10.4. The third-order valence-corrected chi connectivity index (χ3v) is 3.51. The minimum Gasteiger partial charge on any atom is -0.381 e. The van der Waals surface area contributed by atoms with Gasteiger partial charge in [0.1, 0.15) is 0 Å². The molecule has 1 fully saturated rings. The number of hydrogen-bond acceptors (Lipinski definition) is 3. The maximum Gasteiger partial charge on any atom is 0.222 e. The van der Waals surface area contributed by atoms with Crippen molar-refractivity contribution in [3.8, 4) is 0 Å². The average Bonchev–Trinajstić information content (AvgIpc) is 2.35. The predicted molar refractivity (Wildman–Crippen MR) is 64.1 cm³/mol. The third-order valence-electron chi connectivity index (χ3n) is 3.51. The van der Waals surface area contributed by atoms with E-state index in [0.29, 0.717) is 24.9 Å². The van der Waals surface area contributed by atoms with Crippen LogP contribution in [0.2, 0.25) is 0 Å². The first-order chi connectivity index (χ1) is 7.69. The molecule has 1 rings (SSSR count). The van der Waals surface area contributed by atoms with Crippen molar-refractivity contribution < 1.29 is 9.53 Å². The zero-order valence-corrected chi connectivity index (χ0v) is 10.4. The van der Waals surface area contributed by atoms with Gasteiger partial charge >= 0.3 is 0 Å². The van der Waals surface area contributed by atoms with Crippen LogP contribution in [0.3, 0.4) is 0 Å². The average molecular weight is 228 g/mol. The monoisotopic (exact) mass is 228 g/mol. The van der Waals surface area contributed by atoms with Crippen LogP contribution in [0.25, 0.3) is 0 Å². The minimum absolute atomic E-state index is 0.226. The van der Waals surface area contributed by atoms with Gasteiger partial charge < -0.3 is 15.4 Å². The summed E-state index contributed by atoms with van der Waals surface area (Å²) in [6, 6.07) is 0.358. The van der Waals surface area contributed by atoms with E-state index in [-0.39, 0.29) is 5.91 Å². The van der Waals surface area contributed by atoms with Gasteiger partial charge in [0.15, 0.2) is 0 Å². The first-order valence-corrected chi connectivity index (χ1v) is 6.22. The maximum atomic E-state index is 12.0. The number of carbonyl (C=O) groups is 1. The van der Waals surface area contributed by atoms with Crippen molar-refractivity contribution in [2.75, 3.05) is 26.8 Å². The normalized spacial score (nSPS) is 19.4. The van der Waals surface area contributed by atoms with Gasteiger partial charge in [-0.25, -0.2) is 0 Å². The molecular formula is C12H24N2O2. The fraction of sp³-hybridized carbons (Fsp3) is 0.917. The Labute approximate surface area is 98.1 Å². The third kappa shape index (κ3) is 3.76. The van der Waals surface area contributed by atoms with Crippen molar-refractivity contribution in [3.63, 3.8) is 0 Å². The lowest BCUT2D eigenvalue weighted by Crippen LogP contribution is -2.41. The molecule has 0 radical (unpaired) electrons. The van der Waals surface area contributed by atoms with Crippen LogP contribution in [0, 0.1) is 5.92 Å². The number of carbonyl (C=O) groups excluding carboxylic acids is 1. The first-order valence-electron chi connectivity index (χ1n) is 6.22. The van der Waals surface area contributed by atoms with E-state index in [4.69, 9.17) is 10.5 Å². The lowest BCUT2D eigenvalue weighted by Gasteiger charge is -2.32. The molecule has 1 aliphatic heterocycles. The quantitative estimate of drug-likeness (QED) is 0.763. The largest absolute Gasteiger partial charge is 0.381 e. The molecule has 0 saturated carbocycles. The molecule has 4 heteroatoms. The Balaban J connectivity index is 2.39. The Morgan fingerprint density at radius 1 is 1.50 bits per heavy atom. The topological polar surface area (TPSA) is 55.6 Å². The summed E-state index contributed by atoms with van der Waals surface area (Å²) in [7, 11) is 1.90. The molecule has 1 aliphatic rings. The highest BCUT2D eigenvalue weighted by molar-refractivity contribution is 5.76. The SMILES string of the molecule is CCC(CN)CC(=O)N(C)C1CCOCC1. The second kappa shape index (κ2) is 6.86. The van der Waals surface area contributed by atoms with Crippen LogP contribution in [0.5, 0.6) is 0 Å². The van der Waals surface area contributed by atoms with Crippen LogP contribution < -0.4 is 5.73 Å². The van der Waals surface area contributed by atoms with Gasteiger partial charge in [0.05, 0.1) is 0 Å². The summed E-state index contributed by atoms with van der Waals surface area (Å²) in [4.78, 5) is 13.9. The summed E-state index contributed by atoms with van der Waals surface area (Å²) in [5, 5.41) is 0. The molecule has 1 amide bonds. The van der Waals surface area contributed by atoms with Crippen LogP contribution in [-0.4, -0.2) is 43.7 Å². The van der Waals surface area contributed by atoms with Crippen molar-refractivity contribution in [1.29, 1.82) is 0 Å². The molecule has 1 saturated heterocycles. The van der Waals surface area contributed by atoms with Gasteiger partial charge in [0.2, 0.25) is 5.91 Å². The standard InChI is InChI=1S/C12H24N2O2/c1-3-10(9-13)8-12(15)14(2)11-4-6-16-7-5-11/h10-11H,3-9,13H2,1-2H3. The van der Waals surface area contributed by atoms with Crippen LogP contribution in [-0.2, 0) is 9.53 Å². The molecule has 0 aromatic carbocycles. The molecule has 1 unspecified atom stereocenters. The molecule has 0 aliphatic carbocycles. The summed E-state index contributed by atoms with van der Waals surface area (Å²) < 4.78 is 5.30. The molecule has 4 nitrogen and oxygen atoms in total. The molecule has 1 atom stereocenters. The van der Waals surface area contributed by atoms with Crippen LogP contribution in [0.4, 0.5) is 0 Å². The van der Waals surface area contributed by atoms with Crippen LogP contribution >= 0.6 is 0 Å². The maximum absolute atomic E-state index is 12.0. The number of ether oxygens (including phenoxy) is 1. The molecule has 94 valence electrons. The van der Waals surface area contributed by atoms with Crippen molar-refractivity contribution in [2.24, 2.45) is 11.7 Å². The van der Waals surface area contributed by atoms with Crippen LogP contribution in [0.1, 0.15) is 32.6 Å². The van der Waals surface area contributed by atoms with Crippen molar-refractivity contribution in [3.05, 3.63) is 0 Å². The fourth-order valence-corrected chi connectivity index (χ4v) is 2.06. The van der Waals surface area contributed by atoms with Crippen molar-refractivity contribution in [2.45, 2.75) is 38.6 Å². The number of rotatable bonds is 5. The molecule has 0 aromatic rings. The molecular weight excluding hydrogens is 204 g/mol. The van der Waals surface area contributed by atoms with E-state index >= 15 is 0 Å². The predicted octanol–water partition coefficient (Wildman–Crippen LogP) is 0.999. The Hall–Kier alpha value is -0.610. The smallest absolute Gasteiger partial charge is 0.222 e. The highest BCUT2D eigenvalue weighted by Crippen LogP contribution is 2.16. The summed E-state index contributed by atoms with van der Waals surface area (Å²) >= 11 is 0. The Bertz CT molecular complexity index is 211. The van der Waals surface area contributed by atoms with Gasteiger partial charge in [0, 0.05) is 32.7 Å². The van der Waals surface area contributed by atoms with E-state index in [9.17, 15) is 4.79 Å². The Morgan fingerprint density at radius 2 is 2.12 bits per heavy atom. The molecule has 16 heavy (non-hydrogen) atoms. The number of nitrogens with two attached hydrogens (primary N) is 1. The number of amides is 1. The van der Waals surface area contributed by atoms with E-state index in [1.54, 1.807) is 0 Å². The first kappa shape index (κ1) is 13.5. The number of hydrogen-bond donors (Lipinski definition) is 1. The van der Waals surface area contributed by atoms with Crippen molar-refractivity contribution in [1.82, 2.24) is 4.90 Å². The minimum atomic E-state index is 0.226. The van der Waals surface area contributed by atoms with Gasteiger partial charge in [0.25, 0.3) is 0 Å². The highest BCUT2D eigenvalue weighted by Gasteiger charge is 2.23. The van der Waals surface area contributed by atoms with Gasteiger partial charge in [-0.2, -0.15) is 0 Å². The molecule has 1 heterocycles. The zero-order chi connectivity index (χ0) is 12.0. The van der Waals surface area contributed by atoms with Gasteiger partial charge in [-0.15, -0.1) is 0 Å². The van der Waals surface area contributed by atoms with Crippen molar-refractivity contribution >= 4 is 5.91 Å². The molecule has 0 bridgehead atoms. The molecule has 0 aromatic heterocycles. The Morgan fingerprint density at radius 3 is 2.62 bits per heavy atom. The second-order valence-corrected chi connectivity index (χ2v) is 4.56. The van der Waals surface area contributed by atoms with Gasteiger partial charge in [-0.05, 0) is 25.3 Å². The molecule has 2 N–H and O–H groups in total. The van der Waals surface area contributed by atoms with Gasteiger partial charge in [-0.3, -0.25) is 4.79 Å². The second-order valence-electron chi connectivity index (χ2n) is 4.56. The van der Waals surface area contributed by atoms with Gasteiger partial charge in [-0.1, -0.05) is 13.3 Å². The number of nitrogens with zero attached hydrogens (tertiary/aromatic N) is 1. The lowest BCUT2D eigenvalue weighted by atomic mass is 10.0. The van der Waals surface area contributed by atoms with E-state index in [2.05, 4.69) is 6.92 Å². The fourth-order valence-electron chi connectivity index (χ4n) is 2.06. The Kier molecular flexibility index (Phi) is 5.77. The molecule has 0 spiro atoms. The summed E-state index contributed by atoms with van der Waals surface area (Å²) in [5.41, 5.74) is 5.62. The summed E-state index contributed by atoms with van der Waals surface area (Å²) in [5.74, 6) is 0.555.